The first-order valence-corrected chi connectivity index (χ1v) is 5.71. The fourth-order valence-electron chi connectivity index (χ4n) is 1.17. The van der Waals surface area contributed by atoms with Gasteiger partial charge in [-0.25, -0.2) is 0 Å². The van der Waals surface area contributed by atoms with E-state index in [9.17, 15) is 8.76 Å². The molecule has 0 saturated carbocycles. The lowest BCUT2D eigenvalue weighted by Crippen LogP contribution is -2.33. The van der Waals surface area contributed by atoms with Crippen molar-refractivity contribution in [3.63, 3.8) is 0 Å². The lowest BCUT2D eigenvalue weighted by atomic mass is 10.3. The molecule has 1 aromatic rings. The van der Waals surface area contributed by atoms with Crippen LogP contribution in [0.1, 0.15) is 0 Å². The number of nitrogens with zero attached hydrogens (tertiary/aromatic N) is 2. The second-order valence-electron chi connectivity index (χ2n) is 3.46. The molecule has 0 aliphatic carbocycles. The Hall–Kier alpha value is -0.910. The topological polar surface area (TPSA) is 46.6 Å². The molecule has 0 aliphatic rings. The van der Waals surface area contributed by atoms with Gasteiger partial charge in [-0.1, -0.05) is 18.2 Å². The van der Waals surface area contributed by atoms with E-state index in [1.807, 2.05) is 37.2 Å². The second kappa shape index (κ2) is 5.85. The highest BCUT2D eigenvalue weighted by atomic mass is 32.2. The van der Waals surface area contributed by atoms with Gasteiger partial charge in [0.1, 0.15) is 0 Å². The SMILES string of the molecule is CN(C)CCN(c1ccccc1)S(=O)[O-]. The molecule has 0 fully saturated rings. The lowest BCUT2D eigenvalue weighted by molar-refractivity contribution is 0.418. The Labute approximate surface area is 92.9 Å². The van der Waals surface area contributed by atoms with E-state index >= 15 is 0 Å². The van der Waals surface area contributed by atoms with Crippen LogP contribution in [0.5, 0.6) is 0 Å². The Morgan fingerprint density at radius 1 is 1.20 bits per heavy atom. The molecule has 15 heavy (non-hydrogen) atoms. The molecule has 0 N–H and O–H groups in total. The number of rotatable bonds is 5. The summed E-state index contributed by atoms with van der Waals surface area (Å²) in [7, 11) is 3.83. The quantitative estimate of drug-likeness (QED) is 0.701. The van der Waals surface area contributed by atoms with Crippen molar-refractivity contribution < 1.29 is 8.76 Å². The van der Waals surface area contributed by atoms with Crippen LogP contribution in [0, 0.1) is 0 Å². The van der Waals surface area contributed by atoms with Crippen LogP contribution in [0.2, 0.25) is 0 Å². The Balaban J connectivity index is 2.71. The summed E-state index contributed by atoms with van der Waals surface area (Å²) in [6.45, 7) is 1.16. The summed E-state index contributed by atoms with van der Waals surface area (Å²) in [5, 5.41) is 0. The molecule has 84 valence electrons. The number of anilines is 1. The highest BCUT2D eigenvalue weighted by molar-refractivity contribution is 7.80. The van der Waals surface area contributed by atoms with E-state index in [1.54, 1.807) is 12.1 Å². The third-order valence-corrected chi connectivity index (χ3v) is 2.73. The summed E-state index contributed by atoms with van der Waals surface area (Å²) in [6.07, 6.45) is 0. The minimum Gasteiger partial charge on any atom is -0.755 e. The van der Waals surface area contributed by atoms with Gasteiger partial charge in [0, 0.05) is 30.0 Å². The van der Waals surface area contributed by atoms with Gasteiger partial charge in [0.15, 0.2) is 0 Å². The maximum atomic E-state index is 11.0. The van der Waals surface area contributed by atoms with E-state index < -0.39 is 11.3 Å². The molecule has 0 radical (unpaired) electrons. The molecule has 1 aromatic carbocycles. The van der Waals surface area contributed by atoms with E-state index in [1.165, 1.54) is 4.31 Å². The molecule has 0 spiro atoms. The second-order valence-corrected chi connectivity index (χ2v) is 4.33. The molecule has 0 saturated heterocycles. The maximum absolute atomic E-state index is 11.0. The van der Waals surface area contributed by atoms with Crippen LogP contribution >= 0.6 is 0 Å². The van der Waals surface area contributed by atoms with Gasteiger partial charge < -0.3 is 13.8 Å². The van der Waals surface area contributed by atoms with Gasteiger partial charge in [-0.05, 0) is 26.2 Å². The van der Waals surface area contributed by atoms with Gasteiger partial charge in [-0.3, -0.25) is 4.21 Å². The number of likely N-dealkylation sites (N-methyl/N-ethyl adjacent to an activating group) is 1. The van der Waals surface area contributed by atoms with Crippen molar-refractivity contribution in [3.8, 4) is 0 Å². The third kappa shape index (κ3) is 3.99. The molecule has 0 amide bonds. The molecule has 0 aliphatic heterocycles. The largest absolute Gasteiger partial charge is 0.755 e. The van der Waals surface area contributed by atoms with Gasteiger partial charge in [0.25, 0.3) is 0 Å². The van der Waals surface area contributed by atoms with Gasteiger partial charge in [-0.15, -0.1) is 0 Å². The smallest absolute Gasteiger partial charge is 0.0483 e. The summed E-state index contributed by atoms with van der Waals surface area (Å²) >= 11 is -2.21. The molecular weight excluding hydrogens is 212 g/mol. The van der Waals surface area contributed by atoms with Crippen molar-refractivity contribution in [1.82, 2.24) is 4.90 Å². The molecule has 1 rings (SSSR count). The number of hydrogen-bond acceptors (Lipinski definition) is 3. The molecule has 0 aromatic heterocycles. The lowest BCUT2D eigenvalue weighted by Gasteiger charge is -2.27. The van der Waals surface area contributed by atoms with Crippen molar-refractivity contribution in [2.45, 2.75) is 0 Å². The standard InChI is InChI=1S/C10H16N2O2S/c1-11(2)8-9-12(15(13)14)10-6-4-3-5-7-10/h3-7H,8-9H2,1-2H3,(H,13,14)/p-1. The van der Waals surface area contributed by atoms with Crippen molar-refractivity contribution in [1.29, 1.82) is 0 Å². The van der Waals surface area contributed by atoms with Crippen LogP contribution in [0.3, 0.4) is 0 Å². The molecule has 1 atom stereocenters. The summed E-state index contributed by atoms with van der Waals surface area (Å²) in [6, 6.07) is 9.08. The van der Waals surface area contributed by atoms with E-state index in [2.05, 4.69) is 0 Å². The Morgan fingerprint density at radius 3 is 2.27 bits per heavy atom. The minimum atomic E-state index is -2.21. The van der Waals surface area contributed by atoms with Gasteiger partial charge >= 0.3 is 0 Å². The van der Waals surface area contributed by atoms with E-state index in [4.69, 9.17) is 0 Å². The summed E-state index contributed by atoms with van der Waals surface area (Å²) in [4.78, 5) is 1.95. The predicted molar refractivity (Wildman–Crippen MR) is 61.3 cm³/mol. The maximum Gasteiger partial charge on any atom is 0.0483 e. The first kappa shape index (κ1) is 12.2. The molecular formula is C10H15N2O2S-. The van der Waals surface area contributed by atoms with E-state index in [-0.39, 0.29) is 0 Å². The fourth-order valence-corrected chi connectivity index (χ4v) is 1.70. The minimum absolute atomic E-state index is 0.465. The zero-order valence-electron chi connectivity index (χ0n) is 8.92. The molecule has 0 heterocycles. The zero-order chi connectivity index (χ0) is 11.3. The van der Waals surface area contributed by atoms with Crippen molar-refractivity contribution in [3.05, 3.63) is 30.3 Å². The normalized spacial score (nSPS) is 12.8. The molecule has 5 heteroatoms. The average Bonchev–Trinajstić information content (AvgIpc) is 2.18. The van der Waals surface area contributed by atoms with Crippen molar-refractivity contribution in [2.24, 2.45) is 0 Å². The van der Waals surface area contributed by atoms with Crippen molar-refractivity contribution >= 4 is 17.0 Å². The number of para-hydroxylation sites is 1. The van der Waals surface area contributed by atoms with Crippen LogP contribution in [0.15, 0.2) is 30.3 Å². The fraction of sp³-hybridized carbons (Fsp3) is 0.400. The third-order valence-electron chi connectivity index (χ3n) is 1.97. The first-order valence-electron chi connectivity index (χ1n) is 4.68. The van der Waals surface area contributed by atoms with Gasteiger partial charge in [0.05, 0.1) is 0 Å². The van der Waals surface area contributed by atoms with Crippen LogP contribution < -0.4 is 4.31 Å². The number of hydrogen-bond donors (Lipinski definition) is 0. The van der Waals surface area contributed by atoms with Gasteiger partial charge in [0.2, 0.25) is 0 Å². The predicted octanol–water partition coefficient (Wildman–Crippen LogP) is 0.849. The molecule has 4 nitrogen and oxygen atoms in total. The monoisotopic (exact) mass is 227 g/mol. The zero-order valence-corrected chi connectivity index (χ0v) is 9.74. The summed E-state index contributed by atoms with van der Waals surface area (Å²) < 4.78 is 23.4. The Kier molecular flexibility index (Phi) is 4.74. The van der Waals surface area contributed by atoms with Crippen molar-refractivity contribution in [2.75, 3.05) is 31.5 Å². The van der Waals surface area contributed by atoms with Gasteiger partial charge in [-0.2, -0.15) is 0 Å². The van der Waals surface area contributed by atoms with E-state index in [0.29, 0.717) is 18.8 Å². The average molecular weight is 227 g/mol. The molecule has 1 unspecified atom stereocenters. The van der Waals surface area contributed by atoms with Crippen LogP contribution in [-0.4, -0.2) is 40.8 Å². The van der Waals surface area contributed by atoms with Crippen LogP contribution in [0.25, 0.3) is 0 Å². The Morgan fingerprint density at radius 2 is 1.80 bits per heavy atom. The highest BCUT2D eigenvalue weighted by Crippen LogP contribution is 2.13. The Bertz CT molecular complexity index is 316. The summed E-state index contributed by atoms with van der Waals surface area (Å²) in [5.41, 5.74) is 0.702. The van der Waals surface area contributed by atoms with Crippen LogP contribution in [0.4, 0.5) is 5.69 Å². The number of benzene rings is 1. The van der Waals surface area contributed by atoms with Crippen LogP contribution in [-0.2, 0) is 11.3 Å². The highest BCUT2D eigenvalue weighted by Gasteiger charge is 2.06. The first-order chi connectivity index (χ1) is 7.11. The summed E-state index contributed by atoms with van der Waals surface area (Å²) in [5.74, 6) is 0. The van der Waals surface area contributed by atoms with E-state index in [0.717, 1.165) is 0 Å². The molecule has 0 bridgehead atoms.